The van der Waals surface area contributed by atoms with Gasteiger partial charge in [-0.1, -0.05) is 18.2 Å². The summed E-state index contributed by atoms with van der Waals surface area (Å²) in [6.45, 7) is 1.36. The predicted octanol–water partition coefficient (Wildman–Crippen LogP) is 4.17. The van der Waals surface area contributed by atoms with Gasteiger partial charge in [-0.05, 0) is 81.1 Å². The molecule has 3 rings (SSSR count). The van der Waals surface area contributed by atoms with Gasteiger partial charge in [0.1, 0.15) is 0 Å². The van der Waals surface area contributed by atoms with Crippen molar-refractivity contribution in [2.45, 2.75) is 6.92 Å². The number of nitrogens with zero attached hydrogens (tertiary/aromatic N) is 1. The molecule has 0 saturated heterocycles. The number of carbonyl (C=O) groups is 2. The van der Waals surface area contributed by atoms with Crippen molar-refractivity contribution < 1.29 is 19.1 Å². The Bertz CT molecular complexity index is 897. The lowest BCUT2D eigenvalue weighted by Gasteiger charge is -2.08. The molecule has 1 aliphatic rings. The van der Waals surface area contributed by atoms with Crippen LogP contribution in [0.1, 0.15) is 18.1 Å². The third-order valence-electron chi connectivity index (χ3n) is 3.21. The van der Waals surface area contributed by atoms with Crippen LogP contribution in [0, 0.1) is 7.14 Å². The van der Waals surface area contributed by atoms with E-state index in [1.165, 1.54) is 6.92 Å². The summed E-state index contributed by atoms with van der Waals surface area (Å²) < 4.78 is 12.0. The van der Waals surface area contributed by atoms with Crippen LogP contribution in [0.4, 0.5) is 0 Å². The Hall–Kier alpha value is -1.75. The van der Waals surface area contributed by atoms with Gasteiger partial charge in [-0.2, -0.15) is 0 Å². The summed E-state index contributed by atoms with van der Waals surface area (Å²) in [5.41, 5.74) is 1.74. The fourth-order valence-electron chi connectivity index (χ4n) is 2.18. The summed E-state index contributed by atoms with van der Waals surface area (Å²) in [6.07, 6.45) is 1.65. The van der Waals surface area contributed by atoms with Crippen LogP contribution in [0.5, 0.6) is 5.75 Å². The molecule has 0 aliphatic carbocycles. The molecule has 1 heterocycles. The second-order valence-corrected chi connectivity index (χ2v) is 7.43. The Labute approximate surface area is 171 Å². The molecule has 0 N–H and O–H groups in total. The molecule has 0 aromatic heterocycles. The summed E-state index contributed by atoms with van der Waals surface area (Å²) in [5.74, 6) is -0.0672. The van der Waals surface area contributed by atoms with Gasteiger partial charge in [-0.3, -0.25) is 4.79 Å². The Morgan fingerprint density at radius 3 is 2.40 bits per heavy atom. The van der Waals surface area contributed by atoms with E-state index in [9.17, 15) is 9.59 Å². The average molecular weight is 559 g/mol. The van der Waals surface area contributed by atoms with Crippen molar-refractivity contribution in [3.63, 3.8) is 0 Å². The minimum Gasteiger partial charge on any atom is -0.424 e. The van der Waals surface area contributed by atoms with Gasteiger partial charge >= 0.3 is 11.9 Å². The Morgan fingerprint density at radius 1 is 1.16 bits per heavy atom. The summed E-state index contributed by atoms with van der Waals surface area (Å²) >= 11 is 4.17. The highest BCUT2D eigenvalue weighted by Crippen LogP contribution is 2.30. The van der Waals surface area contributed by atoms with Gasteiger partial charge in [0.25, 0.3) is 0 Å². The van der Waals surface area contributed by atoms with Crippen LogP contribution in [0.15, 0.2) is 53.2 Å². The maximum atomic E-state index is 12.1. The highest BCUT2D eigenvalue weighted by Gasteiger charge is 2.24. The van der Waals surface area contributed by atoms with Crippen molar-refractivity contribution in [3.05, 3.63) is 66.4 Å². The van der Waals surface area contributed by atoms with Crippen molar-refractivity contribution in [2.24, 2.45) is 4.99 Å². The normalized spacial score (nSPS) is 15.1. The molecule has 5 nitrogen and oxygen atoms in total. The molecule has 0 bridgehead atoms. The molecule has 25 heavy (non-hydrogen) atoms. The molecule has 0 amide bonds. The molecule has 1 aliphatic heterocycles. The van der Waals surface area contributed by atoms with Gasteiger partial charge in [0, 0.05) is 12.5 Å². The van der Waals surface area contributed by atoms with Crippen molar-refractivity contribution in [1.29, 1.82) is 0 Å². The topological polar surface area (TPSA) is 65.0 Å². The fourth-order valence-corrected chi connectivity index (χ4v) is 4.21. The summed E-state index contributed by atoms with van der Waals surface area (Å²) in [6, 6.07) is 12.9. The minimum absolute atomic E-state index is 0.227. The lowest BCUT2D eigenvalue weighted by Crippen LogP contribution is -2.05. The predicted molar refractivity (Wildman–Crippen MR) is 110 cm³/mol. The first-order valence-electron chi connectivity index (χ1n) is 7.19. The number of carbonyl (C=O) groups excluding carboxylic acids is 2. The third kappa shape index (κ3) is 4.27. The summed E-state index contributed by atoms with van der Waals surface area (Å²) in [7, 11) is 0. The van der Waals surface area contributed by atoms with Crippen LogP contribution in [-0.2, 0) is 14.3 Å². The SMILES string of the molecule is CC(=O)Oc1c(I)cc(/C=C2/N=C(c3ccccc3)OC2=O)cc1I. The molecule has 0 spiro atoms. The Morgan fingerprint density at radius 2 is 1.80 bits per heavy atom. The molecular weight excluding hydrogens is 548 g/mol. The van der Waals surface area contributed by atoms with Crippen LogP contribution in [0.2, 0.25) is 0 Å². The van der Waals surface area contributed by atoms with E-state index in [1.54, 1.807) is 6.08 Å². The standard InChI is InChI=1S/C18H11I2NO4/c1-10(22)24-16-13(19)7-11(8-14(16)20)9-15-18(23)25-17(21-15)12-5-3-2-4-6-12/h2-9H,1H3/b15-9+. The molecule has 0 fully saturated rings. The Kier molecular flexibility index (Phi) is 5.52. The van der Waals surface area contributed by atoms with Crippen molar-refractivity contribution in [2.75, 3.05) is 0 Å². The number of ether oxygens (including phenoxy) is 2. The molecule has 0 unspecified atom stereocenters. The van der Waals surface area contributed by atoms with E-state index in [-0.39, 0.29) is 17.6 Å². The van der Waals surface area contributed by atoms with Gasteiger partial charge < -0.3 is 9.47 Å². The molecular formula is C18H11I2NO4. The number of cyclic esters (lactones) is 1. The molecule has 126 valence electrons. The van der Waals surface area contributed by atoms with Crippen molar-refractivity contribution >= 4 is 69.1 Å². The van der Waals surface area contributed by atoms with Gasteiger partial charge in [-0.25, -0.2) is 9.79 Å². The van der Waals surface area contributed by atoms with E-state index in [1.807, 2.05) is 42.5 Å². The largest absolute Gasteiger partial charge is 0.424 e. The highest BCUT2D eigenvalue weighted by molar-refractivity contribution is 14.1. The highest BCUT2D eigenvalue weighted by atomic mass is 127. The molecule has 2 aromatic rings. The maximum absolute atomic E-state index is 12.1. The number of esters is 2. The monoisotopic (exact) mass is 559 g/mol. The van der Waals surface area contributed by atoms with Gasteiger partial charge in [-0.15, -0.1) is 0 Å². The zero-order valence-electron chi connectivity index (χ0n) is 13.0. The van der Waals surface area contributed by atoms with E-state index in [2.05, 4.69) is 50.2 Å². The lowest BCUT2D eigenvalue weighted by atomic mass is 10.2. The Balaban J connectivity index is 1.94. The van der Waals surface area contributed by atoms with Gasteiger partial charge in [0.15, 0.2) is 11.4 Å². The first kappa shape index (κ1) is 18.1. The summed E-state index contributed by atoms with van der Waals surface area (Å²) in [4.78, 5) is 27.5. The number of hydrogen-bond donors (Lipinski definition) is 0. The molecule has 0 saturated carbocycles. The van der Waals surface area contributed by atoms with Crippen LogP contribution in [0.25, 0.3) is 6.08 Å². The maximum Gasteiger partial charge on any atom is 0.363 e. The second kappa shape index (κ2) is 7.65. The van der Waals surface area contributed by atoms with E-state index in [4.69, 9.17) is 9.47 Å². The third-order valence-corrected chi connectivity index (χ3v) is 4.81. The first-order valence-corrected chi connectivity index (χ1v) is 9.35. The zero-order chi connectivity index (χ0) is 18.0. The smallest absolute Gasteiger partial charge is 0.363 e. The lowest BCUT2D eigenvalue weighted by molar-refractivity contribution is -0.132. The van der Waals surface area contributed by atoms with E-state index in [0.29, 0.717) is 5.75 Å². The number of rotatable bonds is 3. The summed E-state index contributed by atoms with van der Waals surface area (Å²) in [5, 5.41) is 0. The average Bonchev–Trinajstić information content (AvgIpc) is 2.92. The minimum atomic E-state index is -0.493. The van der Waals surface area contributed by atoms with Gasteiger partial charge in [0.2, 0.25) is 5.90 Å². The van der Waals surface area contributed by atoms with E-state index in [0.717, 1.165) is 18.3 Å². The second-order valence-electron chi connectivity index (χ2n) is 5.11. The van der Waals surface area contributed by atoms with Crippen LogP contribution < -0.4 is 4.74 Å². The van der Waals surface area contributed by atoms with E-state index < -0.39 is 5.97 Å². The number of hydrogen-bond acceptors (Lipinski definition) is 5. The molecule has 2 aromatic carbocycles. The first-order chi connectivity index (χ1) is 11.9. The van der Waals surface area contributed by atoms with Crippen LogP contribution in [-0.4, -0.2) is 17.8 Å². The van der Waals surface area contributed by atoms with Gasteiger partial charge in [0.05, 0.1) is 7.14 Å². The molecule has 7 heteroatoms. The molecule has 0 radical (unpaired) electrons. The van der Waals surface area contributed by atoms with Crippen LogP contribution >= 0.6 is 45.2 Å². The number of benzene rings is 2. The fraction of sp³-hybridized carbons (Fsp3) is 0.0556. The zero-order valence-corrected chi connectivity index (χ0v) is 17.3. The number of halogens is 2. The van der Waals surface area contributed by atoms with Crippen molar-refractivity contribution in [3.8, 4) is 5.75 Å². The quantitative estimate of drug-likeness (QED) is 0.246. The number of aliphatic imine (C=N–C) groups is 1. The molecule has 0 atom stereocenters. The van der Waals surface area contributed by atoms with E-state index >= 15 is 0 Å². The van der Waals surface area contributed by atoms with Crippen LogP contribution in [0.3, 0.4) is 0 Å². The van der Waals surface area contributed by atoms with Crippen molar-refractivity contribution in [1.82, 2.24) is 0 Å².